The van der Waals surface area contributed by atoms with Gasteiger partial charge in [-0.25, -0.2) is 0 Å². The van der Waals surface area contributed by atoms with E-state index in [1.807, 2.05) is 60.7 Å². The van der Waals surface area contributed by atoms with E-state index < -0.39 is 24.0 Å². The molecule has 1 saturated heterocycles. The zero-order valence-electron chi connectivity index (χ0n) is 17.2. The van der Waals surface area contributed by atoms with Gasteiger partial charge in [-0.15, -0.1) is 0 Å². The molecule has 2 atom stereocenters. The summed E-state index contributed by atoms with van der Waals surface area (Å²) in [5.74, 6) is -1.96. The van der Waals surface area contributed by atoms with Crippen LogP contribution >= 0.6 is 0 Å². The van der Waals surface area contributed by atoms with E-state index in [0.717, 1.165) is 11.1 Å². The zero-order chi connectivity index (χ0) is 21.8. The van der Waals surface area contributed by atoms with Crippen molar-refractivity contribution in [2.75, 3.05) is 12.0 Å². The first kappa shape index (κ1) is 20.6. The number of hydrogen-bond donors (Lipinski definition) is 1. The monoisotopic (exact) mass is 416 g/mol. The highest BCUT2D eigenvalue weighted by atomic mass is 16.5. The Morgan fingerprint density at radius 2 is 1.42 bits per heavy atom. The summed E-state index contributed by atoms with van der Waals surface area (Å²) in [6.07, 6.45) is -0.598. The Labute approximate surface area is 181 Å². The highest BCUT2D eigenvalue weighted by Crippen LogP contribution is 2.37. The second kappa shape index (κ2) is 9.02. The van der Waals surface area contributed by atoms with Crippen molar-refractivity contribution in [3.63, 3.8) is 0 Å². The summed E-state index contributed by atoms with van der Waals surface area (Å²) in [6, 6.07) is 26.8. The number of nitrogens with zero attached hydrogens (tertiary/aromatic N) is 2. The topological polar surface area (TPSA) is 70.1 Å². The number of carboxylic acids is 1. The van der Waals surface area contributed by atoms with Crippen molar-refractivity contribution in [1.82, 2.24) is 4.90 Å². The van der Waals surface area contributed by atoms with Gasteiger partial charge in [0.2, 0.25) is 5.91 Å². The van der Waals surface area contributed by atoms with Gasteiger partial charge < -0.3 is 9.84 Å². The molecule has 0 bridgehead atoms. The van der Waals surface area contributed by atoms with E-state index in [1.165, 1.54) is 0 Å². The van der Waals surface area contributed by atoms with Gasteiger partial charge in [0.15, 0.2) is 5.92 Å². The van der Waals surface area contributed by atoms with Crippen LogP contribution in [0.4, 0.5) is 5.69 Å². The van der Waals surface area contributed by atoms with Crippen molar-refractivity contribution in [1.29, 1.82) is 0 Å². The molecular weight excluding hydrogens is 392 g/mol. The van der Waals surface area contributed by atoms with Crippen molar-refractivity contribution in [2.45, 2.75) is 19.3 Å². The molecule has 0 spiro atoms. The molecule has 0 aromatic heterocycles. The lowest BCUT2D eigenvalue weighted by Crippen LogP contribution is -2.70. The summed E-state index contributed by atoms with van der Waals surface area (Å²) in [5.41, 5.74) is 2.76. The lowest BCUT2D eigenvalue weighted by Gasteiger charge is -2.50. The molecule has 0 saturated carbocycles. The van der Waals surface area contributed by atoms with Gasteiger partial charge >= 0.3 is 5.97 Å². The number of benzene rings is 3. The minimum atomic E-state index is -1.12. The molecule has 1 N–H and O–H groups in total. The second-order valence-electron chi connectivity index (χ2n) is 7.51. The number of rotatable bonds is 8. The number of anilines is 1. The lowest BCUT2D eigenvalue weighted by molar-refractivity contribution is -0.157. The smallest absolute Gasteiger partial charge is 0.319 e. The first-order valence-corrected chi connectivity index (χ1v) is 10.1. The van der Waals surface area contributed by atoms with E-state index >= 15 is 0 Å². The van der Waals surface area contributed by atoms with Crippen LogP contribution in [-0.2, 0) is 22.7 Å². The van der Waals surface area contributed by atoms with Gasteiger partial charge in [0.1, 0.15) is 11.9 Å². The molecule has 2 unspecified atom stereocenters. The maximum absolute atomic E-state index is 12.9. The molecule has 4 rings (SSSR count). The van der Waals surface area contributed by atoms with Crippen LogP contribution in [0.3, 0.4) is 0 Å². The average Bonchev–Trinajstić information content (AvgIpc) is 2.78. The zero-order valence-corrected chi connectivity index (χ0v) is 17.2. The summed E-state index contributed by atoms with van der Waals surface area (Å²) in [6.45, 7) is 1.04. The number of β-lactam (4-membered cyclic amide) rings is 1. The van der Waals surface area contributed by atoms with E-state index in [2.05, 4.69) is 4.90 Å². The first-order chi connectivity index (χ1) is 15.1. The van der Waals surface area contributed by atoms with Gasteiger partial charge in [-0.2, -0.15) is 0 Å². The van der Waals surface area contributed by atoms with Crippen LogP contribution in [-0.4, -0.2) is 35.2 Å². The Balaban J connectivity index is 1.70. The van der Waals surface area contributed by atoms with E-state index in [1.54, 1.807) is 36.3 Å². The maximum atomic E-state index is 12.9. The Morgan fingerprint density at radius 3 is 1.87 bits per heavy atom. The van der Waals surface area contributed by atoms with Crippen molar-refractivity contribution in [2.24, 2.45) is 5.92 Å². The third kappa shape index (κ3) is 4.29. The molecule has 6 nitrogen and oxygen atoms in total. The average molecular weight is 416 g/mol. The minimum Gasteiger partial charge on any atom is -0.497 e. The fourth-order valence-corrected chi connectivity index (χ4v) is 3.98. The molecule has 0 radical (unpaired) electrons. The summed E-state index contributed by atoms with van der Waals surface area (Å²) >= 11 is 0. The Morgan fingerprint density at radius 1 is 0.903 bits per heavy atom. The maximum Gasteiger partial charge on any atom is 0.319 e. The van der Waals surface area contributed by atoms with Gasteiger partial charge in [-0.3, -0.25) is 19.4 Å². The highest BCUT2D eigenvalue weighted by molar-refractivity contribution is 6.13. The fraction of sp³-hybridized carbons (Fsp3) is 0.200. The van der Waals surface area contributed by atoms with E-state index in [0.29, 0.717) is 24.5 Å². The number of methoxy groups -OCH3 is 1. The molecule has 1 aliphatic heterocycles. The Bertz CT molecular complexity index is 997. The van der Waals surface area contributed by atoms with E-state index in [4.69, 9.17) is 4.74 Å². The molecule has 1 aliphatic rings. The summed E-state index contributed by atoms with van der Waals surface area (Å²) in [4.78, 5) is 28.5. The van der Waals surface area contributed by atoms with Crippen LogP contribution in [0, 0.1) is 5.92 Å². The van der Waals surface area contributed by atoms with Crippen molar-refractivity contribution >= 4 is 17.6 Å². The summed E-state index contributed by atoms with van der Waals surface area (Å²) in [5, 5.41) is 9.81. The van der Waals surface area contributed by atoms with Crippen LogP contribution in [0.5, 0.6) is 5.75 Å². The quantitative estimate of drug-likeness (QED) is 0.447. The molecule has 158 valence electrons. The normalized spacial score (nSPS) is 18.0. The number of aliphatic carboxylic acids is 1. The number of carbonyl (C=O) groups is 2. The molecular formula is C25H24N2O4. The van der Waals surface area contributed by atoms with Gasteiger partial charge in [-0.05, 0) is 35.4 Å². The van der Waals surface area contributed by atoms with Gasteiger partial charge in [0.05, 0.1) is 7.11 Å². The molecule has 3 aromatic carbocycles. The first-order valence-electron chi connectivity index (χ1n) is 10.1. The largest absolute Gasteiger partial charge is 0.497 e. The van der Waals surface area contributed by atoms with Crippen LogP contribution in [0.1, 0.15) is 11.1 Å². The van der Waals surface area contributed by atoms with Crippen LogP contribution < -0.4 is 9.64 Å². The number of hydrogen-bond acceptors (Lipinski definition) is 4. The number of carboxylic acid groups (broad SMARTS) is 1. The number of amides is 1. The van der Waals surface area contributed by atoms with Crippen molar-refractivity contribution < 1.29 is 19.4 Å². The van der Waals surface area contributed by atoms with Crippen LogP contribution in [0.2, 0.25) is 0 Å². The predicted octanol–water partition coefficient (Wildman–Crippen LogP) is 3.77. The van der Waals surface area contributed by atoms with E-state index in [9.17, 15) is 14.7 Å². The Hall–Kier alpha value is -3.64. The molecule has 1 amide bonds. The summed E-state index contributed by atoms with van der Waals surface area (Å²) < 4.78 is 5.21. The lowest BCUT2D eigenvalue weighted by atomic mass is 9.90. The summed E-state index contributed by atoms with van der Waals surface area (Å²) in [7, 11) is 1.58. The minimum absolute atomic E-state index is 0.409. The second-order valence-corrected chi connectivity index (χ2v) is 7.51. The molecule has 1 heterocycles. The predicted molar refractivity (Wildman–Crippen MR) is 118 cm³/mol. The molecule has 1 fully saturated rings. The molecule has 31 heavy (non-hydrogen) atoms. The Kier molecular flexibility index (Phi) is 6.00. The third-order valence-corrected chi connectivity index (χ3v) is 5.51. The van der Waals surface area contributed by atoms with Crippen molar-refractivity contribution in [3.05, 3.63) is 96.1 Å². The van der Waals surface area contributed by atoms with Gasteiger partial charge in [-0.1, -0.05) is 60.7 Å². The molecule has 6 heteroatoms. The van der Waals surface area contributed by atoms with Crippen LogP contribution in [0.25, 0.3) is 0 Å². The highest BCUT2D eigenvalue weighted by Gasteiger charge is 2.55. The van der Waals surface area contributed by atoms with Gasteiger partial charge in [0, 0.05) is 18.8 Å². The SMILES string of the molecule is COc1ccc(N2C(=O)C(C(=O)O)C2N(Cc2ccccc2)Cc2ccccc2)cc1. The standard InChI is InChI=1S/C25H24N2O4/c1-31-21-14-12-20(13-15-21)27-23(22(24(27)28)25(29)30)26(16-18-8-4-2-5-9-18)17-19-10-6-3-7-11-19/h2-15,22-23H,16-17H2,1H3,(H,29,30). The number of carbonyl (C=O) groups excluding carboxylic acids is 1. The molecule has 3 aromatic rings. The van der Waals surface area contributed by atoms with Crippen LogP contribution in [0.15, 0.2) is 84.9 Å². The number of ether oxygens (including phenoxy) is 1. The molecule has 0 aliphatic carbocycles. The van der Waals surface area contributed by atoms with Gasteiger partial charge in [0.25, 0.3) is 0 Å². The fourth-order valence-electron chi connectivity index (χ4n) is 3.98. The third-order valence-electron chi connectivity index (χ3n) is 5.51. The van der Waals surface area contributed by atoms with Crippen molar-refractivity contribution in [3.8, 4) is 5.75 Å². The van der Waals surface area contributed by atoms with E-state index in [-0.39, 0.29) is 0 Å².